The van der Waals surface area contributed by atoms with Gasteiger partial charge >= 0.3 is 5.97 Å². The highest BCUT2D eigenvalue weighted by molar-refractivity contribution is 8.01. The first kappa shape index (κ1) is 13.0. The summed E-state index contributed by atoms with van der Waals surface area (Å²) in [5.41, 5.74) is 1.54. The number of carbonyl (C=O) groups is 1. The van der Waals surface area contributed by atoms with Gasteiger partial charge in [-0.1, -0.05) is 0 Å². The maximum atomic E-state index is 11.8. The fourth-order valence-corrected chi connectivity index (χ4v) is 2.57. The highest BCUT2D eigenvalue weighted by atomic mass is 32.2. The summed E-state index contributed by atoms with van der Waals surface area (Å²) in [6.45, 7) is 5.89. The van der Waals surface area contributed by atoms with Crippen LogP contribution in [0.2, 0.25) is 0 Å². The Morgan fingerprint density at radius 3 is 3.00 bits per heavy atom. The average molecular weight is 265 g/mol. The van der Waals surface area contributed by atoms with Gasteiger partial charge < -0.3 is 9.15 Å². The lowest BCUT2D eigenvalue weighted by Crippen LogP contribution is -2.29. The molecule has 0 unspecified atom stereocenters. The number of oxazole rings is 1. The minimum Gasteiger partial charge on any atom is -0.465 e. The number of benzene rings is 1. The molecule has 0 amide bonds. The smallest absolute Gasteiger partial charge is 0.321 e. The molecule has 0 radical (unpaired) electrons. The first-order chi connectivity index (χ1) is 8.53. The van der Waals surface area contributed by atoms with E-state index >= 15 is 0 Å². The SMILES string of the molecule is CCOC(=O)C(C)(C)Sc1ccc2ncoc2c1. The molecule has 0 atom stereocenters. The van der Waals surface area contributed by atoms with E-state index in [-0.39, 0.29) is 5.97 Å². The van der Waals surface area contributed by atoms with Crippen LogP contribution in [0.5, 0.6) is 0 Å². The lowest BCUT2D eigenvalue weighted by atomic mass is 10.2. The number of hydrogen-bond donors (Lipinski definition) is 0. The van der Waals surface area contributed by atoms with Gasteiger partial charge in [-0.05, 0) is 39.0 Å². The number of carbonyl (C=O) groups excluding carboxylic acids is 1. The Kier molecular flexibility index (Phi) is 3.61. The second-order valence-electron chi connectivity index (χ2n) is 4.31. The van der Waals surface area contributed by atoms with Crippen molar-refractivity contribution >= 4 is 28.8 Å². The molecule has 0 aliphatic carbocycles. The normalized spacial score (nSPS) is 11.7. The maximum Gasteiger partial charge on any atom is 0.321 e. The Morgan fingerprint density at radius 1 is 1.50 bits per heavy atom. The van der Waals surface area contributed by atoms with Crippen molar-refractivity contribution in [2.24, 2.45) is 0 Å². The number of aromatic nitrogens is 1. The first-order valence-electron chi connectivity index (χ1n) is 5.72. The summed E-state index contributed by atoms with van der Waals surface area (Å²) in [5.74, 6) is -0.215. The molecular weight excluding hydrogens is 250 g/mol. The lowest BCUT2D eigenvalue weighted by molar-refractivity contribution is -0.145. The van der Waals surface area contributed by atoms with E-state index < -0.39 is 4.75 Å². The van der Waals surface area contributed by atoms with Crippen LogP contribution in [-0.4, -0.2) is 22.3 Å². The topological polar surface area (TPSA) is 52.3 Å². The van der Waals surface area contributed by atoms with Gasteiger partial charge in [0.15, 0.2) is 12.0 Å². The first-order valence-corrected chi connectivity index (χ1v) is 6.54. The summed E-state index contributed by atoms with van der Waals surface area (Å²) in [6.07, 6.45) is 1.41. The van der Waals surface area contributed by atoms with Crippen LogP contribution in [-0.2, 0) is 9.53 Å². The summed E-state index contributed by atoms with van der Waals surface area (Å²) in [7, 11) is 0. The van der Waals surface area contributed by atoms with E-state index in [1.165, 1.54) is 18.2 Å². The summed E-state index contributed by atoms with van der Waals surface area (Å²) >= 11 is 1.45. The van der Waals surface area contributed by atoms with Crippen LogP contribution in [0.25, 0.3) is 11.1 Å². The third-order valence-electron chi connectivity index (χ3n) is 2.44. The van der Waals surface area contributed by atoms with Crippen molar-refractivity contribution < 1.29 is 13.9 Å². The molecule has 0 fully saturated rings. The molecule has 1 aromatic carbocycles. The monoisotopic (exact) mass is 265 g/mol. The summed E-state index contributed by atoms with van der Waals surface area (Å²) in [6, 6.07) is 5.69. The number of esters is 1. The lowest BCUT2D eigenvalue weighted by Gasteiger charge is -2.21. The van der Waals surface area contributed by atoms with Crippen molar-refractivity contribution in [1.29, 1.82) is 0 Å². The van der Waals surface area contributed by atoms with Crippen LogP contribution in [0, 0.1) is 0 Å². The van der Waals surface area contributed by atoms with Gasteiger partial charge in [-0.3, -0.25) is 4.79 Å². The van der Waals surface area contributed by atoms with Gasteiger partial charge in [0.1, 0.15) is 10.3 Å². The Bertz CT molecular complexity index is 562. The van der Waals surface area contributed by atoms with Crippen LogP contribution >= 0.6 is 11.8 Å². The van der Waals surface area contributed by atoms with E-state index in [2.05, 4.69) is 4.98 Å². The van der Waals surface area contributed by atoms with Gasteiger partial charge in [-0.2, -0.15) is 0 Å². The van der Waals surface area contributed by atoms with E-state index in [1.807, 2.05) is 32.0 Å². The van der Waals surface area contributed by atoms with E-state index in [9.17, 15) is 4.79 Å². The van der Waals surface area contributed by atoms with Crippen molar-refractivity contribution in [3.05, 3.63) is 24.6 Å². The van der Waals surface area contributed by atoms with Crippen LogP contribution in [0.3, 0.4) is 0 Å². The van der Waals surface area contributed by atoms with Gasteiger partial charge in [0, 0.05) is 4.90 Å². The minimum absolute atomic E-state index is 0.215. The molecule has 0 bridgehead atoms. The number of fused-ring (bicyclic) bond motifs is 1. The molecule has 1 aromatic heterocycles. The second kappa shape index (κ2) is 5.02. The Balaban J connectivity index is 2.19. The van der Waals surface area contributed by atoms with Crippen LogP contribution in [0.15, 0.2) is 33.9 Å². The molecule has 18 heavy (non-hydrogen) atoms. The van der Waals surface area contributed by atoms with Gasteiger partial charge in [0.2, 0.25) is 0 Å². The highest BCUT2D eigenvalue weighted by Crippen LogP contribution is 2.34. The van der Waals surface area contributed by atoms with Crippen LogP contribution < -0.4 is 0 Å². The number of thioether (sulfide) groups is 1. The number of hydrogen-bond acceptors (Lipinski definition) is 5. The fourth-order valence-electron chi connectivity index (χ4n) is 1.54. The third-order valence-corrected chi connectivity index (χ3v) is 3.61. The molecule has 0 saturated carbocycles. The average Bonchev–Trinajstić information content (AvgIpc) is 2.76. The summed E-state index contributed by atoms with van der Waals surface area (Å²) in [5, 5.41) is 0. The summed E-state index contributed by atoms with van der Waals surface area (Å²) < 4.78 is 9.67. The van der Waals surface area contributed by atoms with Crippen LogP contribution in [0.1, 0.15) is 20.8 Å². The van der Waals surface area contributed by atoms with Crippen molar-refractivity contribution in [3.63, 3.8) is 0 Å². The standard InChI is InChI=1S/C13H15NO3S/c1-4-16-12(15)13(2,3)18-9-5-6-10-11(7-9)17-8-14-10/h5-8H,4H2,1-3H3. The molecule has 4 nitrogen and oxygen atoms in total. The molecular formula is C13H15NO3S. The van der Waals surface area contributed by atoms with E-state index in [0.717, 1.165) is 16.0 Å². The van der Waals surface area contributed by atoms with Crippen LogP contribution in [0.4, 0.5) is 0 Å². The zero-order chi connectivity index (χ0) is 13.2. The molecule has 1 heterocycles. The molecule has 2 aromatic rings. The van der Waals surface area contributed by atoms with Crippen molar-refractivity contribution in [3.8, 4) is 0 Å². The fraction of sp³-hybridized carbons (Fsp3) is 0.385. The molecule has 96 valence electrons. The molecule has 5 heteroatoms. The Morgan fingerprint density at radius 2 is 2.28 bits per heavy atom. The maximum absolute atomic E-state index is 11.8. The molecule has 2 rings (SSSR count). The third kappa shape index (κ3) is 2.67. The van der Waals surface area contributed by atoms with Gasteiger partial charge in [-0.25, -0.2) is 4.98 Å². The highest BCUT2D eigenvalue weighted by Gasteiger charge is 2.30. The van der Waals surface area contributed by atoms with E-state index in [0.29, 0.717) is 6.61 Å². The van der Waals surface area contributed by atoms with Crippen molar-refractivity contribution in [2.45, 2.75) is 30.4 Å². The number of nitrogens with zero attached hydrogens (tertiary/aromatic N) is 1. The molecule has 0 aliphatic rings. The zero-order valence-electron chi connectivity index (χ0n) is 10.6. The quantitative estimate of drug-likeness (QED) is 0.627. The molecule has 0 aliphatic heterocycles. The Labute approximate surface area is 110 Å². The van der Waals surface area contributed by atoms with E-state index in [4.69, 9.17) is 9.15 Å². The zero-order valence-corrected chi connectivity index (χ0v) is 11.4. The van der Waals surface area contributed by atoms with Crippen molar-refractivity contribution in [2.75, 3.05) is 6.61 Å². The number of ether oxygens (including phenoxy) is 1. The van der Waals surface area contributed by atoms with Crippen molar-refractivity contribution in [1.82, 2.24) is 4.98 Å². The second-order valence-corrected chi connectivity index (χ2v) is 6.01. The van der Waals surface area contributed by atoms with Gasteiger partial charge in [-0.15, -0.1) is 11.8 Å². The molecule has 0 spiro atoms. The number of rotatable bonds is 4. The predicted octanol–water partition coefficient (Wildman–Crippen LogP) is 3.26. The molecule has 0 N–H and O–H groups in total. The molecule has 0 saturated heterocycles. The summed E-state index contributed by atoms with van der Waals surface area (Å²) in [4.78, 5) is 16.8. The Hall–Kier alpha value is -1.49. The largest absolute Gasteiger partial charge is 0.465 e. The predicted molar refractivity (Wildman–Crippen MR) is 70.6 cm³/mol. The van der Waals surface area contributed by atoms with E-state index in [1.54, 1.807) is 6.92 Å². The minimum atomic E-state index is -0.621. The van der Waals surface area contributed by atoms with Gasteiger partial charge in [0.25, 0.3) is 0 Å². The van der Waals surface area contributed by atoms with Gasteiger partial charge in [0.05, 0.1) is 6.61 Å².